The van der Waals surface area contributed by atoms with Crippen molar-refractivity contribution in [3.63, 3.8) is 0 Å². The van der Waals surface area contributed by atoms with Crippen LogP contribution in [0, 0.1) is 0 Å². The molecule has 8 nitrogen and oxygen atoms in total. The average molecular weight is 353 g/mol. The number of sulfone groups is 1. The van der Waals surface area contributed by atoms with Gasteiger partial charge in [-0.05, 0) is 11.1 Å². The molecule has 2 atom stereocenters. The summed E-state index contributed by atoms with van der Waals surface area (Å²) in [6, 6.07) is 7.70. The molecular weight excluding hydrogens is 343 g/mol. The van der Waals surface area contributed by atoms with Gasteiger partial charge in [-0.1, -0.05) is 35.4 Å². The minimum absolute atomic E-state index is 0.377. The van der Waals surface area contributed by atoms with Crippen molar-refractivity contribution in [3.05, 3.63) is 46.3 Å². The summed E-state index contributed by atoms with van der Waals surface area (Å²) >= 11 is 0. The third-order valence-electron chi connectivity index (χ3n) is 2.55. The van der Waals surface area contributed by atoms with E-state index in [9.17, 15) is 31.5 Å². The molecule has 0 aromatic heterocycles. The lowest BCUT2D eigenvalue weighted by Gasteiger charge is -2.20. The smallest absolute Gasteiger partial charge is 0.460 e. The van der Waals surface area contributed by atoms with E-state index in [-0.39, 0.29) is 0 Å². The number of benzene rings is 1. The molecule has 0 aliphatic rings. The molecule has 2 unspecified atom stereocenters. The lowest BCUT2D eigenvalue weighted by molar-refractivity contribution is -0.147. The summed E-state index contributed by atoms with van der Waals surface area (Å²) in [5, 5.41) is 8.60. The molecule has 0 aliphatic heterocycles. The van der Waals surface area contributed by atoms with Crippen LogP contribution in [-0.4, -0.2) is 36.5 Å². The predicted molar refractivity (Wildman–Crippen MR) is 70.2 cm³/mol. The number of alkyl halides is 3. The molecule has 0 heterocycles. The lowest BCUT2D eigenvalue weighted by Crippen LogP contribution is -2.47. The van der Waals surface area contributed by atoms with Gasteiger partial charge in [0.05, 0.1) is 0 Å². The SMILES string of the molecule is [N-]=[N+]=NC(O)C(C(=O)OCc1ccccc1)S(=O)(=O)C(F)(F)F. The molecular formula is C11H10F3N3O5S. The van der Waals surface area contributed by atoms with Crippen LogP contribution in [0.1, 0.15) is 5.56 Å². The highest BCUT2D eigenvalue weighted by molar-refractivity contribution is 7.93. The van der Waals surface area contributed by atoms with Gasteiger partial charge in [-0.2, -0.15) is 13.2 Å². The predicted octanol–water partition coefficient (Wildman–Crippen LogP) is 1.66. The molecule has 0 aliphatic carbocycles. The first-order valence-electron chi connectivity index (χ1n) is 5.84. The van der Waals surface area contributed by atoms with Gasteiger partial charge < -0.3 is 9.84 Å². The molecule has 126 valence electrons. The Bertz CT molecular complexity index is 701. The highest BCUT2D eigenvalue weighted by atomic mass is 32.2. The van der Waals surface area contributed by atoms with Crippen molar-refractivity contribution in [2.24, 2.45) is 5.11 Å². The monoisotopic (exact) mass is 353 g/mol. The molecule has 0 spiro atoms. The largest absolute Gasteiger partial charge is 0.498 e. The van der Waals surface area contributed by atoms with E-state index in [0.29, 0.717) is 5.56 Å². The number of aliphatic hydroxyl groups is 1. The zero-order valence-corrected chi connectivity index (χ0v) is 12.0. The number of esters is 1. The van der Waals surface area contributed by atoms with Crippen LogP contribution in [0.2, 0.25) is 0 Å². The number of ether oxygens (including phenoxy) is 1. The molecule has 0 amide bonds. The molecule has 1 rings (SSSR count). The van der Waals surface area contributed by atoms with Crippen LogP contribution in [0.5, 0.6) is 0 Å². The third-order valence-corrected chi connectivity index (χ3v) is 4.30. The van der Waals surface area contributed by atoms with Crippen molar-refractivity contribution >= 4 is 15.8 Å². The highest BCUT2D eigenvalue weighted by Crippen LogP contribution is 2.30. The van der Waals surface area contributed by atoms with E-state index in [1.807, 2.05) is 4.91 Å². The molecule has 12 heteroatoms. The molecule has 1 aromatic rings. The number of nitrogens with zero attached hydrogens (tertiary/aromatic N) is 3. The normalized spacial score (nSPS) is 14.4. The lowest BCUT2D eigenvalue weighted by atomic mass is 10.2. The first kappa shape index (κ1) is 18.7. The van der Waals surface area contributed by atoms with Crippen molar-refractivity contribution in [2.75, 3.05) is 0 Å². The minimum atomic E-state index is -6.15. The van der Waals surface area contributed by atoms with Gasteiger partial charge in [0.15, 0.2) is 11.5 Å². The van der Waals surface area contributed by atoms with Crippen LogP contribution in [0.3, 0.4) is 0 Å². The average Bonchev–Trinajstić information content (AvgIpc) is 2.45. The molecule has 0 fully saturated rings. The molecule has 0 radical (unpaired) electrons. The van der Waals surface area contributed by atoms with Gasteiger partial charge in [-0.15, -0.1) is 0 Å². The van der Waals surface area contributed by atoms with Gasteiger partial charge in [0.25, 0.3) is 9.84 Å². The summed E-state index contributed by atoms with van der Waals surface area (Å²) in [4.78, 5) is 13.7. The summed E-state index contributed by atoms with van der Waals surface area (Å²) in [6.07, 6.45) is -2.78. The summed E-state index contributed by atoms with van der Waals surface area (Å²) in [5.41, 5.74) is 2.65. The van der Waals surface area contributed by atoms with E-state index in [0.717, 1.165) is 0 Å². The quantitative estimate of drug-likeness (QED) is 0.360. The van der Waals surface area contributed by atoms with E-state index in [2.05, 4.69) is 9.85 Å². The highest BCUT2D eigenvalue weighted by Gasteiger charge is 2.56. The van der Waals surface area contributed by atoms with Crippen LogP contribution in [0.25, 0.3) is 10.4 Å². The standard InChI is InChI=1S/C11H10F3N3O5S/c12-11(13,14)23(20,21)8(9(18)16-17-15)10(19)22-6-7-4-2-1-3-5-7/h1-5,8-9,18H,6H2. The van der Waals surface area contributed by atoms with E-state index >= 15 is 0 Å². The van der Waals surface area contributed by atoms with Crippen molar-refractivity contribution in [1.82, 2.24) is 0 Å². The van der Waals surface area contributed by atoms with E-state index in [1.54, 1.807) is 18.2 Å². The fraction of sp³-hybridized carbons (Fsp3) is 0.364. The first-order valence-corrected chi connectivity index (χ1v) is 7.39. The maximum Gasteiger partial charge on any atom is 0.498 e. The molecule has 0 saturated carbocycles. The molecule has 1 N–H and O–H groups in total. The van der Waals surface area contributed by atoms with Crippen LogP contribution in [0.4, 0.5) is 13.2 Å². The molecule has 1 aromatic carbocycles. The summed E-state index contributed by atoms with van der Waals surface area (Å²) in [7, 11) is -6.15. The second-order valence-corrected chi connectivity index (χ2v) is 6.18. The Kier molecular flexibility index (Phi) is 5.96. The number of carbonyl (C=O) groups is 1. The van der Waals surface area contributed by atoms with Gasteiger partial charge in [0.2, 0.25) is 0 Å². The Hall–Kier alpha value is -2.30. The number of hydrogen-bond acceptors (Lipinski definition) is 6. The van der Waals surface area contributed by atoms with Crippen molar-refractivity contribution < 1.29 is 36.2 Å². The molecule has 0 bridgehead atoms. The number of halogens is 3. The van der Waals surface area contributed by atoms with Gasteiger partial charge in [-0.25, -0.2) is 8.42 Å². The number of rotatable bonds is 6. The Balaban J connectivity index is 3.05. The fourth-order valence-corrected chi connectivity index (χ4v) is 2.46. The Morgan fingerprint density at radius 2 is 1.91 bits per heavy atom. The van der Waals surface area contributed by atoms with Crippen LogP contribution in [0.15, 0.2) is 35.4 Å². The molecule has 0 saturated heterocycles. The summed E-state index contributed by atoms with van der Waals surface area (Å²) in [6.45, 7) is -0.521. The first-order chi connectivity index (χ1) is 10.6. The van der Waals surface area contributed by atoms with Crippen molar-refractivity contribution in [3.8, 4) is 0 Å². The number of hydrogen-bond donors (Lipinski definition) is 1. The minimum Gasteiger partial charge on any atom is -0.460 e. The topological polar surface area (TPSA) is 129 Å². The number of aliphatic hydroxyl groups excluding tert-OH is 1. The van der Waals surface area contributed by atoms with E-state index < -0.39 is 39.4 Å². The zero-order chi connectivity index (χ0) is 17.7. The zero-order valence-electron chi connectivity index (χ0n) is 11.2. The van der Waals surface area contributed by atoms with Crippen LogP contribution < -0.4 is 0 Å². The third kappa shape index (κ3) is 4.58. The molecule has 23 heavy (non-hydrogen) atoms. The van der Waals surface area contributed by atoms with Gasteiger partial charge >= 0.3 is 11.5 Å². The maximum atomic E-state index is 12.6. The Morgan fingerprint density at radius 3 is 2.39 bits per heavy atom. The number of azide groups is 1. The maximum absolute atomic E-state index is 12.6. The van der Waals surface area contributed by atoms with Crippen molar-refractivity contribution in [1.29, 1.82) is 0 Å². The van der Waals surface area contributed by atoms with E-state index in [4.69, 9.17) is 5.53 Å². The Labute approximate surface area is 128 Å². The Morgan fingerprint density at radius 1 is 1.35 bits per heavy atom. The van der Waals surface area contributed by atoms with Crippen LogP contribution in [-0.2, 0) is 26.0 Å². The number of carbonyl (C=O) groups excluding carboxylic acids is 1. The van der Waals surface area contributed by atoms with Gasteiger partial charge in [0.1, 0.15) is 6.61 Å². The summed E-state index contributed by atoms with van der Waals surface area (Å²) < 4.78 is 64.9. The second kappa shape index (κ2) is 7.31. The van der Waals surface area contributed by atoms with Crippen molar-refractivity contribution in [2.45, 2.75) is 23.6 Å². The van der Waals surface area contributed by atoms with Gasteiger partial charge in [-0.3, -0.25) is 4.79 Å². The second-order valence-electron chi connectivity index (χ2n) is 4.12. The van der Waals surface area contributed by atoms with Crippen LogP contribution >= 0.6 is 0 Å². The summed E-state index contributed by atoms with van der Waals surface area (Å²) in [5.74, 6) is -1.88. The van der Waals surface area contributed by atoms with E-state index in [1.165, 1.54) is 12.1 Å². The fourth-order valence-electron chi connectivity index (χ4n) is 1.48. The van der Waals surface area contributed by atoms with Gasteiger partial charge in [0, 0.05) is 4.91 Å².